The van der Waals surface area contributed by atoms with Gasteiger partial charge in [0.15, 0.2) is 0 Å². The second kappa shape index (κ2) is 9.48. The molecule has 0 aliphatic heterocycles. The van der Waals surface area contributed by atoms with Crippen molar-refractivity contribution in [2.45, 2.75) is 57.0 Å². The summed E-state index contributed by atoms with van der Waals surface area (Å²) in [4.78, 5) is 25.7. The molecule has 3 rings (SSSR count). The van der Waals surface area contributed by atoms with Crippen LogP contribution in [-0.4, -0.2) is 54.7 Å². The Morgan fingerprint density at radius 3 is 2.34 bits per heavy atom. The smallest absolute Gasteiger partial charge is 0.335 e. The van der Waals surface area contributed by atoms with Crippen LogP contribution in [0, 0.1) is 11.8 Å². The molecule has 1 aromatic carbocycles. The van der Waals surface area contributed by atoms with Gasteiger partial charge < -0.3 is 25.2 Å². The van der Waals surface area contributed by atoms with Gasteiger partial charge in [-0.1, -0.05) is 0 Å². The molecule has 7 nitrogen and oxygen atoms in total. The summed E-state index contributed by atoms with van der Waals surface area (Å²) < 4.78 is 11.0. The molecule has 7 heteroatoms. The van der Waals surface area contributed by atoms with Crippen molar-refractivity contribution in [3.8, 4) is 11.5 Å². The minimum absolute atomic E-state index is 0.0759. The van der Waals surface area contributed by atoms with Gasteiger partial charge in [-0.3, -0.25) is 4.79 Å². The van der Waals surface area contributed by atoms with Gasteiger partial charge in [-0.25, -0.2) is 4.79 Å². The number of ether oxygens (including phenoxy) is 2. The first-order valence-electron chi connectivity index (χ1n) is 10.5. The Hall–Kier alpha value is -2.28. The number of amides is 1. The lowest BCUT2D eigenvalue weighted by atomic mass is 9.78. The van der Waals surface area contributed by atoms with E-state index >= 15 is 0 Å². The minimum Gasteiger partial charge on any atom is -0.497 e. The van der Waals surface area contributed by atoms with Crippen LogP contribution in [0.2, 0.25) is 0 Å². The Labute approximate surface area is 172 Å². The van der Waals surface area contributed by atoms with Crippen LogP contribution in [0.1, 0.15) is 55.3 Å². The summed E-state index contributed by atoms with van der Waals surface area (Å²) in [7, 11) is 3.38. The van der Waals surface area contributed by atoms with Crippen LogP contribution in [0.15, 0.2) is 18.2 Å². The van der Waals surface area contributed by atoms with E-state index in [9.17, 15) is 14.7 Å². The van der Waals surface area contributed by atoms with E-state index in [1.54, 1.807) is 6.07 Å². The fourth-order valence-corrected chi connectivity index (χ4v) is 4.22. The highest BCUT2D eigenvalue weighted by Crippen LogP contribution is 2.33. The van der Waals surface area contributed by atoms with Crippen LogP contribution >= 0.6 is 0 Å². The van der Waals surface area contributed by atoms with E-state index < -0.39 is 12.0 Å². The number of rotatable bonds is 8. The molecular weight excluding hydrogens is 372 g/mol. The van der Waals surface area contributed by atoms with Crippen molar-refractivity contribution in [1.82, 2.24) is 4.90 Å². The Balaban J connectivity index is 1.48. The number of carboxylic acid groups (broad SMARTS) is 1. The van der Waals surface area contributed by atoms with E-state index in [-0.39, 0.29) is 17.4 Å². The third-order valence-electron chi connectivity index (χ3n) is 6.50. The van der Waals surface area contributed by atoms with Crippen molar-refractivity contribution in [1.29, 1.82) is 0 Å². The van der Waals surface area contributed by atoms with Crippen molar-refractivity contribution in [2.75, 3.05) is 20.8 Å². The van der Waals surface area contributed by atoms with Gasteiger partial charge in [0.1, 0.15) is 11.5 Å². The van der Waals surface area contributed by atoms with Crippen molar-refractivity contribution in [3.63, 3.8) is 0 Å². The molecule has 0 spiro atoms. The van der Waals surface area contributed by atoms with Gasteiger partial charge in [-0.05, 0) is 68.9 Å². The van der Waals surface area contributed by atoms with Gasteiger partial charge in [0, 0.05) is 19.2 Å². The fourth-order valence-electron chi connectivity index (χ4n) is 4.22. The number of likely N-dealkylation sites (N-methyl/N-ethyl adjacent to an activating group) is 1. The largest absolute Gasteiger partial charge is 0.497 e. The van der Waals surface area contributed by atoms with Crippen LogP contribution in [0.3, 0.4) is 0 Å². The maximum absolute atomic E-state index is 12.6. The molecule has 0 radical (unpaired) electrons. The molecule has 0 saturated heterocycles. The van der Waals surface area contributed by atoms with Gasteiger partial charge in [-0.2, -0.15) is 0 Å². The summed E-state index contributed by atoms with van der Waals surface area (Å²) in [5.74, 6) is 0.613. The highest BCUT2D eigenvalue weighted by molar-refractivity contribution is 5.88. The second-order valence-electron chi connectivity index (χ2n) is 8.35. The molecule has 3 N–H and O–H groups in total. The first kappa shape index (κ1) is 21.4. The standard InChI is InChI=1S/C22H32N2O5/c1-24(17-4-3-5-17)21(25)20(23)15-8-6-14(7-9-15)13-29-19-11-16(22(26)27)10-18(12-19)28-2/h10-12,14-15,17,20H,3-9,13,23H2,1-2H3,(H,26,27)/t14?,15?,20-/m0/s1. The third-order valence-corrected chi connectivity index (χ3v) is 6.50. The Morgan fingerprint density at radius 1 is 1.14 bits per heavy atom. The predicted molar refractivity (Wildman–Crippen MR) is 109 cm³/mol. The molecule has 2 aliphatic carbocycles. The maximum atomic E-state index is 12.6. The molecule has 1 atom stereocenters. The summed E-state index contributed by atoms with van der Waals surface area (Å²) in [5, 5.41) is 9.21. The van der Waals surface area contributed by atoms with E-state index in [0.29, 0.717) is 30.1 Å². The first-order valence-corrected chi connectivity index (χ1v) is 10.5. The van der Waals surface area contributed by atoms with Crippen LogP contribution in [0.25, 0.3) is 0 Å². The average molecular weight is 405 g/mol. The molecule has 160 valence electrons. The number of hydrogen-bond acceptors (Lipinski definition) is 5. The zero-order valence-electron chi connectivity index (χ0n) is 17.3. The van der Waals surface area contributed by atoms with Gasteiger partial charge in [0.05, 0.1) is 25.3 Å². The number of nitrogens with zero attached hydrogens (tertiary/aromatic N) is 1. The number of methoxy groups -OCH3 is 1. The van der Waals surface area contributed by atoms with Gasteiger partial charge in [0.2, 0.25) is 5.91 Å². The molecule has 1 aromatic rings. The molecule has 2 fully saturated rings. The van der Waals surface area contributed by atoms with E-state index in [1.807, 2.05) is 11.9 Å². The number of carbonyl (C=O) groups is 2. The maximum Gasteiger partial charge on any atom is 0.335 e. The summed E-state index contributed by atoms with van der Waals surface area (Å²) in [6.07, 6.45) is 7.11. The van der Waals surface area contributed by atoms with Crippen molar-refractivity contribution < 1.29 is 24.2 Å². The summed E-state index contributed by atoms with van der Waals surface area (Å²) in [6.45, 7) is 0.518. The van der Waals surface area contributed by atoms with E-state index in [4.69, 9.17) is 15.2 Å². The molecule has 0 aromatic heterocycles. The van der Waals surface area contributed by atoms with Gasteiger partial charge in [-0.15, -0.1) is 0 Å². The van der Waals surface area contributed by atoms with Crippen molar-refractivity contribution >= 4 is 11.9 Å². The Bertz CT molecular complexity index is 726. The Kier molecular flexibility index (Phi) is 7.00. The van der Waals surface area contributed by atoms with Gasteiger partial charge >= 0.3 is 5.97 Å². The first-order chi connectivity index (χ1) is 13.9. The number of aromatic carboxylic acids is 1. The predicted octanol–water partition coefficient (Wildman–Crippen LogP) is 2.92. The molecule has 0 heterocycles. The molecule has 2 aliphatic rings. The van der Waals surface area contributed by atoms with Crippen LogP contribution in [-0.2, 0) is 4.79 Å². The lowest BCUT2D eigenvalue weighted by molar-refractivity contribution is -0.136. The van der Waals surface area contributed by atoms with Crippen molar-refractivity contribution in [2.24, 2.45) is 17.6 Å². The topological polar surface area (TPSA) is 102 Å². The van der Waals surface area contributed by atoms with Crippen molar-refractivity contribution in [3.05, 3.63) is 23.8 Å². The SMILES string of the molecule is COc1cc(OCC2CCC([C@H](N)C(=O)N(C)C3CCC3)CC2)cc(C(=O)O)c1. The molecular formula is C22H32N2O5. The lowest BCUT2D eigenvalue weighted by Gasteiger charge is -2.38. The molecule has 29 heavy (non-hydrogen) atoms. The zero-order chi connectivity index (χ0) is 21.0. The molecule has 0 bridgehead atoms. The number of nitrogens with two attached hydrogens (primary N) is 1. The molecule has 1 amide bonds. The number of benzene rings is 1. The number of carboxylic acids is 1. The normalized spacial score (nSPS) is 23.0. The lowest BCUT2D eigenvalue weighted by Crippen LogP contribution is -2.52. The summed E-state index contributed by atoms with van der Waals surface area (Å²) in [5.41, 5.74) is 6.45. The Morgan fingerprint density at radius 2 is 1.79 bits per heavy atom. The fraction of sp³-hybridized carbons (Fsp3) is 0.636. The number of hydrogen-bond donors (Lipinski definition) is 2. The number of carbonyl (C=O) groups excluding carboxylic acids is 1. The summed E-state index contributed by atoms with van der Waals surface area (Å²) >= 11 is 0. The highest BCUT2D eigenvalue weighted by atomic mass is 16.5. The van der Waals surface area contributed by atoms with Crippen LogP contribution < -0.4 is 15.2 Å². The quantitative estimate of drug-likeness (QED) is 0.691. The average Bonchev–Trinajstić information content (AvgIpc) is 2.69. The van der Waals surface area contributed by atoms with Crippen LogP contribution in [0.4, 0.5) is 0 Å². The molecule has 0 unspecified atom stereocenters. The highest BCUT2D eigenvalue weighted by Gasteiger charge is 2.34. The zero-order valence-corrected chi connectivity index (χ0v) is 17.3. The minimum atomic E-state index is -1.01. The van der Waals surface area contributed by atoms with E-state index in [0.717, 1.165) is 38.5 Å². The monoisotopic (exact) mass is 404 g/mol. The summed E-state index contributed by atoms with van der Waals surface area (Å²) in [6, 6.07) is 4.64. The third kappa shape index (κ3) is 5.21. The van der Waals surface area contributed by atoms with E-state index in [1.165, 1.54) is 25.7 Å². The van der Waals surface area contributed by atoms with Crippen LogP contribution in [0.5, 0.6) is 11.5 Å². The van der Waals surface area contributed by atoms with Gasteiger partial charge in [0.25, 0.3) is 0 Å². The molecule has 2 saturated carbocycles. The van der Waals surface area contributed by atoms with E-state index in [2.05, 4.69) is 0 Å². The second-order valence-corrected chi connectivity index (χ2v) is 8.35.